The van der Waals surface area contributed by atoms with E-state index in [-0.39, 0.29) is 17.5 Å². The first kappa shape index (κ1) is 13.3. The highest BCUT2D eigenvalue weighted by molar-refractivity contribution is 7.91. The monoisotopic (exact) mass is 294 g/mol. The Labute approximate surface area is 111 Å². The Balaban J connectivity index is 2.03. The van der Waals surface area contributed by atoms with Gasteiger partial charge in [-0.3, -0.25) is 4.90 Å². The SMILES string of the molecule is CC(c1nc(CCl)cs1)N1CCS(=O)(=O)CC1. The van der Waals surface area contributed by atoms with E-state index in [1.807, 2.05) is 5.38 Å². The number of hydrogen-bond donors (Lipinski definition) is 0. The molecule has 2 rings (SSSR count). The molecule has 1 saturated heterocycles. The van der Waals surface area contributed by atoms with E-state index in [1.54, 1.807) is 11.3 Å². The maximum Gasteiger partial charge on any atom is 0.152 e. The lowest BCUT2D eigenvalue weighted by molar-refractivity contribution is 0.228. The molecule has 96 valence electrons. The largest absolute Gasteiger partial charge is 0.292 e. The van der Waals surface area contributed by atoms with Gasteiger partial charge in [0.15, 0.2) is 9.84 Å². The van der Waals surface area contributed by atoms with Crippen LogP contribution >= 0.6 is 22.9 Å². The fourth-order valence-corrected chi connectivity index (χ4v) is 4.21. The van der Waals surface area contributed by atoms with Gasteiger partial charge < -0.3 is 0 Å². The summed E-state index contributed by atoms with van der Waals surface area (Å²) < 4.78 is 22.7. The predicted molar refractivity (Wildman–Crippen MR) is 70.3 cm³/mol. The van der Waals surface area contributed by atoms with Crippen molar-refractivity contribution in [2.24, 2.45) is 0 Å². The highest BCUT2D eigenvalue weighted by atomic mass is 35.5. The van der Waals surface area contributed by atoms with E-state index in [2.05, 4.69) is 16.8 Å². The van der Waals surface area contributed by atoms with Gasteiger partial charge in [0.2, 0.25) is 0 Å². The summed E-state index contributed by atoms with van der Waals surface area (Å²) in [5.74, 6) is 0.938. The lowest BCUT2D eigenvalue weighted by Crippen LogP contribution is -2.41. The third-order valence-corrected chi connectivity index (χ3v) is 5.94. The number of sulfone groups is 1. The van der Waals surface area contributed by atoms with E-state index in [1.165, 1.54) is 0 Å². The molecule has 1 aliphatic rings. The Morgan fingerprint density at radius 3 is 2.71 bits per heavy atom. The first-order chi connectivity index (χ1) is 8.02. The van der Waals surface area contributed by atoms with Gasteiger partial charge in [-0.05, 0) is 6.92 Å². The summed E-state index contributed by atoms with van der Waals surface area (Å²) >= 11 is 7.31. The van der Waals surface area contributed by atoms with Gasteiger partial charge in [0.25, 0.3) is 0 Å². The second-order valence-electron chi connectivity index (χ2n) is 4.17. The number of rotatable bonds is 3. The molecule has 0 amide bonds. The summed E-state index contributed by atoms with van der Waals surface area (Å²) in [6, 6.07) is 0.174. The molecule has 0 saturated carbocycles. The van der Waals surface area contributed by atoms with Crippen molar-refractivity contribution in [1.29, 1.82) is 0 Å². The van der Waals surface area contributed by atoms with Gasteiger partial charge in [-0.1, -0.05) is 0 Å². The van der Waals surface area contributed by atoms with Crippen molar-refractivity contribution in [3.05, 3.63) is 16.1 Å². The van der Waals surface area contributed by atoms with Gasteiger partial charge >= 0.3 is 0 Å². The highest BCUT2D eigenvalue weighted by Gasteiger charge is 2.26. The molecule has 1 unspecified atom stereocenters. The maximum atomic E-state index is 11.3. The average Bonchev–Trinajstić information content (AvgIpc) is 2.76. The van der Waals surface area contributed by atoms with Crippen LogP contribution in [0.1, 0.15) is 23.7 Å². The smallest absolute Gasteiger partial charge is 0.152 e. The lowest BCUT2D eigenvalue weighted by Gasteiger charge is -2.30. The lowest BCUT2D eigenvalue weighted by atomic mass is 10.3. The molecule has 0 aliphatic carbocycles. The van der Waals surface area contributed by atoms with Crippen LogP contribution < -0.4 is 0 Å². The van der Waals surface area contributed by atoms with Crippen LogP contribution in [-0.2, 0) is 15.7 Å². The number of alkyl halides is 1. The Hall–Kier alpha value is -0.170. The Bertz CT molecular complexity index is 472. The van der Waals surface area contributed by atoms with Crippen LogP contribution in [0, 0.1) is 0 Å². The van der Waals surface area contributed by atoms with Crippen molar-refractivity contribution < 1.29 is 8.42 Å². The van der Waals surface area contributed by atoms with Gasteiger partial charge in [-0.15, -0.1) is 22.9 Å². The van der Waals surface area contributed by atoms with Gasteiger partial charge in [0, 0.05) is 18.5 Å². The fraction of sp³-hybridized carbons (Fsp3) is 0.700. The third kappa shape index (κ3) is 3.19. The third-order valence-electron chi connectivity index (χ3n) is 2.99. The second-order valence-corrected chi connectivity index (χ2v) is 7.64. The minimum atomic E-state index is -2.81. The summed E-state index contributed by atoms with van der Waals surface area (Å²) in [5.41, 5.74) is 0.892. The van der Waals surface area contributed by atoms with Crippen LogP contribution in [0.5, 0.6) is 0 Å². The molecule has 1 aromatic rings. The molecule has 0 spiro atoms. The van der Waals surface area contributed by atoms with Gasteiger partial charge in [-0.25, -0.2) is 13.4 Å². The van der Waals surface area contributed by atoms with E-state index >= 15 is 0 Å². The van der Waals surface area contributed by atoms with Crippen LogP contribution in [0.4, 0.5) is 0 Å². The molecule has 1 aliphatic heterocycles. The van der Waals surface area contributed by atoms with E-state index in [0.717, 1.165) is 10.7 Å². The van der Waals surface area contributed by atoms with E-state index in [9.17, 15) is 8.42 Å². The van der Waals surface area contributed by atoms with Crippen molar-refractivity contribution in [2.75, 3.05) is 24.6 Å². The first-order valence-corrected chi connectivity index (χ1v) is 8.70. The highest BCUT2D eigenvalue weighted by Crippen LogP contribution is 2.25. The summed E-state index contributed by atoms with van der Waals surface area (Å²) in [6.07, 6.45) is 0. The van der Waals surface area contributed by atoms with Crippen LogP contribution in [0.3, 0.4) is 0 Å². The van der Waals surface area contributed by atoms with E-state index < -0.39 is 9.84 Å². The number of hydrogen-bond acceptors (Lipinski definition) is 5. The van der Waals surface area contributed by atoms with Crippen molar-refractivity contribution in [1.82, 2.24) is 9.88 Å². The minimum absolute atomic E-state index is 0.174. The van der Waals surface area contributed by atoms with Crippen molar-refractivity contribution >= 4 is 32.8 Å². The maximum absolute atomic E-state index is 11.3. The Morgan fingerprint density at radius 1 is 1.53 bits per heavy atom. The Kier molecular flexibility index (Phi) is 4.07. The normalized spacial score (nSPS) is 22.5. The van der Waals surface area contributed by atoms with Crippen molar-refractivity contribution in [3.63, 3.8) is 0 Å². The van der Waals surface area contributed by atoms with E-state index in [4.69, 9.17) is 11.6 Å². The zero-order valence-electron chi connectivity index (χ0n) is 9.60. The second kappa shape index (κ2) is 5.22. The number of halogens is 1. The molecule has 1 aromatic heterocycles. The standard InChI is InChI=1S/C10H15ClN2O2S2/c1-8(10-12-9(6-11)7-16-10)13-2-4-17(14,15)5-3-13/h7-8H,2-6H2,1H3. The van der Waals surface area contributed by atoms with Crippen LogP contribution in [0.2, 0.25) is 0 Å². The van der Waals surface area contributed by atoms with Gasteiger partial charge in [0.1, 0.15) is 5.01 Å². The summed E-state index contributed by atoms with van der Waals surface area (Å²) in [5, 5.41) is 2.97. The average molecular weight is 295 g/mol. The number of nitrogens with zero attached hydrogens (tertiary/aromatic N) is 2. The fourth-order valence-electron chi connectivity index (χ4n) is 1.85. The number of thiazole rings is 1. The molecule has 4 nitrogen and oxygen atoms in total. The molecule has 17 heavy (non-hydrogen) atoms. The van der Waals surface area contributed by atoms with Crippen molar-refractivity contribution in [3.8, 4) is 0 Å². The van der Waals surface area contributed by atoms with Crippen LogP contribution in [0.25, 0.3) is 0 Å². The molecule has 1 fully saturated rings. The molecular weight excluding hydrogens is 280 g/mol. The molecule has 0 radical (unpaired) electrons. The first-order valence-electron chi connectivity index (χ1n) is 5.46. The molecule has 7 heteroatoms. The van der Waals surface area contributed by atoms with Crippen molar-refractivity contribution in [2.45, 2.75) is 18.8 Å². The summed E-state index contributed by atoms with van der Waals surface area (Å²) in [7, 11) is -2.81. The van der Waals surface area contributed by atoms with E-state index in [0.29, 0.717) is 19.0 Å². The van der Waals surface area contributed by atoms with Gasteiger partial charge in [-0.2, -0.15) is 0 Å². The predicted octanol–water partition coefficient (Wildman–Crippen LogP) is 1.67. The molecule has 2 heterocycles. The molecule has 0 aromatic carbocycles. The molecule has 0 N–H and O–H groups in total. The van der Waals surface area contributed by atoms with Crippen LogP contribution in [0.15, 0.2) is 5.38 Å². The van der Waals surface area contributed by atoms with Crippen LogP contribution in [-0.4, -0.2) is 42.9 Å². The Morgan fingerprint density at radius 2 is 2.18 bits per heavy atom. The number of aromatic nitrogens is 1. The molecule has 0 bridgehead atoms. The zero-order valence-corrected chi connectivity index (χ0v) is 12.0. The minimum Gasteiger partial charge on any atom is -0.292 e. The van der Waals surface area contributed by atoms with Gasteiger partial charge in [0.05, 0.1) is 29.1 Å². The zero-order chi connectivity index (χ0) is 12.5. The summed E-state index contributed by atoms with van der Waals surface area (Å²) in [4.78, 5) is 6.60. The quantitative estimate of drug-likeness (QED) is 0.796. The molecule has 1 atom stereocenters. The molecular formula is C10H15ClN2O2S2. The summed E-state index contributed by atoms with van der Waals surface area (Å²) in [6.45, 7) is 3.26. The topological polar surface area (TPSA) is 50.3 Å².